The van der Waals surface area contributed by atoms with Gasteiger partial charge in [0.25, 0.3) is 11.8 Å². The number of carboxylic acid groups (broad SMARTS) is 1. The molecule has 1 aromatic heterocycles. The van der Waals surface area contributed by atoms with E-state index in [4.69, 9.17) is 4.84 Å². The molecule has 1 unspecified atom stereocenters. The number of tetrazole rings is 1. The maximum absolute atomic E-state index is 12.9. The van der Waals surface area contributed by atoms with Crippen molar-refractivity contribution in [1.82, 2.24) is 30.4 Å². The second kappa shape index (κ2) is 9.72. The van der Waals surface area contributed by atoms with Crippen LogP contribution >= 0.6 is 23.5 Å². The Morgan fingerprint density at radius 3 is 2.85 bits per heavy atom. The Hall–Kier alpha value is -3.59. The Morgan fingerprint density at radius 1 is 1.41 bits per heavy atom. The van der Waals surface area contributed by atoms with E-state index in [9.17, 15) is 24.6 Å². The highest BCUT2D eigenvalue weighted by molar-refractivity contribution is 8.01. The molecule has 34 heavy (non-hydrogen) atoms. The van der Waals surface area contributed by atoms with Gasteiger partial charge in [-0.25, -0.2) is 9.48 Å². The molecule has 2 amide bonds. The SMILES string of the molecule is CON=C(C(=O)NC1C(=O)N2C(C(=O)O)=C(CSc3nnnn3C)CS[C@H]12)c1cccc(O)c1. The number of β-lactam (4-membered cyclic amide) rings is 1. The van der Waals surface area contributed by atoms with Gasteiger partial charge in [0.1, 0.15) is 30.0 Å². The third-order valence-electron chi connectivity index (χ3n) is 5.01. The van der Waals surface area contributed by atoms with Gasteiger partial charge >= 0.3 is 5.97 Å². The number of nitrogens with one attached hydrogen (secondary N) is 1. The fourth-order valence-corrected chi connectivity index (χ4v) is 5.80. The number of carboxylic acids is 1. The van der Waals surface area contributed by atoms with Crippen molar-refractivity contribution in [2.75, 3.05) is 18.6 Å². The van der Waals surface area contributed by atoms with Crippen molar-refractivity contribution in [3.05, 3.63) is 41.1 Å². The van der Waals surface area contributed by atoms with Crippen LogP contribution in [0.25, 0.3) is 0 Å². The average molecular weight is 506 g/mol. The Bertz CT molecular complexity index is 1210. The van der Waals surface area contributed by atoms with Gasteiger partial charge in [0.05, 0.1) is 0 Å². The van der Waals surface area contributed by atoms with Gasteiger partial charge in [-0.3, -0.25) is 14.5 Å². The number of aliphatic carboxylic acids is 1. The number of phenols is 1. The van der Waals surface area contributed by atoms with E-state index in [2.05, 4.69) is 26.0 Å². The van der Waals surface area contributed by atoms with Crippen LogP contribution in [-0.2, 0) is 26.3 Å². The maximum atomic E-state index is 12.9. The van der Waals surface area contributed by atoms with Crippen LogP contribution in [0.2, 0.25) is 0 Å². The molecule has 2 aromatic rings. The molecule has 0 bridgehead atoms. The minimum absolute atomic E-state index is 0.0680. The molecule has 4 rings (SSSR count). The van der Waals surface area contributed by atoms with Gasteiger partial charge in [0.2, 0.25) is 5.16 Å². The minimum Gasteiger partial charge on any atom is -0.508 e. The van der Waals surface area contributed by atoms with Crippen LogP contribution < -0.4 is 5.32 Å². The van der Waals surface area contributed by atoms with Gasteiger partial charge in [-0.1, -0.05) is 29.1 Å². The highest BCUT2D eigenvalue weighted by Gasteiger charge is 2.54. The Kier molecular flexibility index (Phi) is 6.74. The molecule has 1 aromatic carbocycles. The maximum Gasteiger partial charge on any atom is 0.352 e. The predicted octanol–water partition coefficient (Wildman–Crippen LogP) is -0.203. The second-order valence-electron chi connectivity index (χ2n) is 7.16. The van der Waals surface area contributed by atoms with Gasteiger partial charge in [0, 0.05) is 24.1 Å². The number of carbonyl (C=O) groups excluding carboxylic acids is 2. The third-order valence-corrected chi connectivity index (χ3v) is 7.45. The zero-order valence-electron chi connectivity index (χ0n) is 17.9. The van der Waals surface area contributed by atoms with E-state index in [-0.39, 0.29) is 17.2 Å². The summed E-state index contributed by atoms with van der Waals surface area (Å²) in [5.41, 5.74) is 0.624. The first kappa shape index (κ1) is 23.6. The standard InChI is InChI=1S/C19H19N7O6S2/c1-25-19(21-23-24-25)34-8-10-7-33-17-13(16(29)26(17)14(10)18(30)31)20-15(28)12(22-32-2)9-4-3-5-11(27)6-9/h3-6,13,17,27H,7-8H2,1-2H3,(H,20,28)(H,30,31)/t13?,17-/m1/s1. The van der Waals surface area contributed by atoms with E-state index < -0.39 is 29.2 Å². The number of aromatic hydroxyl groups is 1. The number of hydrogen-bond donors (Lipinski definition) is 3. The van der Waals surface area contributed by atoms with Crippen LogP contribution in [0.3, 0.4) is 0 Å². The molecule has 1 saturated heterocycles. The lowest BCUT2D eigenvalue weighted by atomic mass is 10.0. The number of aryl methyl sites for hydroxylation is 1. The van der Waals surface area contributed by atoms with Gasteiger partial charge in [-0.2, -0.15) is 0 Å². The molecule has 15 heteroatoms. The second-order valence-corrected chi connectivity index (χ2v) is 9.21. The van der Waals surface area contributed by atoms with Crippen molar-refractivity contribution < 1.29 is 29.4 Å². The molecule has 3 heterocycles. The number of thioether (sulfide) groups is 2. The van der Waals surface area contributed by atoms with Crippen LogP contribution in [0.15, 0.2) is 45.8 Å². The van der Waals surface area contributed by atoms with Crippen LogP contribution in [0.4, 0.5) is 0 Å². The number of aromatic nitrogens is 4. The zero-order valence-corrected chi connectivity index (χ0v) is 19.5. The Morgan fingerprint density at radius 2 is 2.21 bits per heavy atom. The van der Waals surface area contributed by atoms with Gasteiger partial charge < -0.3 is 20.4 Å². The number of oxime groups is 1. The van der Waals surface area contributed by atoms with Crippen molar-refractivity contribution >= 4 is 47.0 Å². The molecule has 0 aliphatic carbocycles. The molecule has 2 aliphatic heterocycles. The molecule has 1 fully saturated rings. The smallest absolute Gasteiger partial charge is 0.352 e. The Balaban J connectivity index is 1.50. The lowest BCUT2D eigenvalue weighted by molar-refractivity contribution is -0.150. The molecule has 2 aliphatic rings. The minimum atomic E-state index is -1.23. The van der Waals surface area contributed by atoms with E-state index in [0.717, 1.165) is 0 Å². The van der Waals surface area contributed by atoms with Crippen molar-refractivity contribution in [1.29, 1.82) is 0 Å². The fraction of sp³-hybridized carbons (Fsp3) is 0.316. The lowest BCUT2D eigenvalue weighted by Gasteiger charge is -2.49. The average Bonchev–Trinajstić information content (AvgIpc) is 3.23. The van der Waals surface area contributed by atoms with Gasteiger partial charge in [0.15, 0.2) is 5.71 Å². The number of amides is 2. The summed E-state index contributed by atoms with van der Waals surface area (Å²) >= 11 is 2.61. The van der Waals surface area contributed by atoms with Crippen LogP contribution in [-0.4, -0.2) is 88.8 Å². The number of benzene rings is 1. The summed E-state index contributed by atoms with van der Waals surface area (Å²) in [5, 5.41) is 36.9. The molecular formula is C19H19N7O6S2. The van der Waals surface area contributed by atoms with Gasteiger partial charge in [-0.05, 0) is 28.1 Å². The number of phenolic OH excluding ortho intramolecular Hbond substituents is 1. The van der Waals surface area contributed by atoms with Crippen molar-refractivity contribution in [2.24, 2.45) is 12.2 Å². The quantitative estimate of drug-likeness (QED) is 0.188. The molecule has 13 nitrogen and oxygen atoms in total. The van der Waals surface area contributed by atoms with E-state index in [1.54, 1.807) is 13.1 Å². The fourth-order valence-electron chi connectivity index (χ4n) is 3.47. The van der Waals surface area contributed by atoms with Crippen molar-refractivity contribution in [3.8, 4) is 5.75 Å². The first-order chi connectivity index (χ1) is 16.3. The topological polar surface area (TPSA) is 172 Å². The van der Waals surface area contributed by atoms with Gasteiger partial charge in [-0.15, -0.1) is 16.9 Å². The van der Waals surface area contributed by atoms with E-state index >= 15 is 0 Å². The summed E-state index contributed by atoms with van der Waals surface area (Å²) in [6, 6.07) is 4.93. The summed E-state index contributed by atoms with van der Waals surface area (Å²) < 4.78 is 1.47. The van der Waals surface area contributed by atoms with Crippen LogP contribution in [0.5, 0.6) is 5.75 Å². The summed E-state index contributed by atoms with van der Waals surface area (Å²) in [6.45, 7) is 0. The number of carbonyl (C=O) groups is 3. The molecule has 3 N–H and O–H groups in total. The number of nitrogens with zero attached hydrogens (tertiary/aromatic N) is 6. The van der Waals surface area contributed by atoms with Crippen molar-refractivity contribution in [3.63, 3.8) is 0 Å². The van der Waals surface area contributed by atoms with Crippen LogP contribution in [0.1, 0.15) is 5.56 Å². The molecule has 178 valence electrons. The highest BCUT2D eigenvalue weighted by Crippen LogP contribution is 2.41. The predicted molar refractivity (Wildman–Crippen MR) is 121 cm³/mol. The van der Waals surface area contributed by atoms with E-state index in [1.807, 2.05) is 0 Å². The molecule has 0 saturated carbocycles. The van der Waals surface area contributed by atoms with Crippen LogP contribution in [0, 0.1) is 0 Å². The van der Waals surface area contributed by atoms with Crippen molar-refractivity contribution in [2.45, 2.75) is 16.6 Å². The molecular weight excluding hydrogens is 486 g/mol. The summed E-state index contributed by atoms with van der Waals surface area (Å²) in [6.07, 6.45) is 0. The monoisotopic (exact) mass is 505 g/mol. The zero-order chi connectivity index (χ0) is 24.4. The van der Waals surface area contributed by atoms with E-state index in [0.29, 0.717) is 27.8 Å². The van der Waals surface area contributed by atoms with E-state index in [1.165, 1.54) is 58.4 Å². The number of rotatable bonds is 8. The lowest BCUT2D eigenvalue weighted by Crippen LogP contribution is -2.71. The highest BCUT2D eigenvalue weighted by atomic mass is 32.2. The number of hydrogen-bond acceptors (Lipinski definition) is 11. The molecule has 0 spiro atoms. The largest absolute Gasteiger partial charge is 0.508 e. The summed E-state index contributed by atoms with van der Waals surface area (Å²) in [7, 11) is 2.94. The Labute approximate surface area is 201 Å². The number of fused-ring (bicyclic) bond motifs is 1. The molecule has 0 radical (unpaired) electrons. The normalized spacial score (nSPS) is 20.0. The first-order valence-corrected chi connectivity index (χ1v) is 11.8. The summed E-state index contributed by atoms with van der Waals surface area (Å²) in [4.78, 5) is 43.7. The molecule has 2 atom stereocenters. The third kappa shape index (κ3) is 4.43. The summed E-state index contributed by atoms with van der Waals surface area (Å²) in [5.74, 6) is -1.88. The first-order valence-electron chi connectivity index (χ1n) is 9.78.